The molecule has 3 nitrogen and oxygen atoms in total. The first kappa shape index (κ1) is 13.2. The highest BCUT2D eigenvalue weighted by molar-refractivity contribution is 5.43. The van der Waals surface area contributed by atoms with Crippen LogP contribution in [0.5, 0.6) is 11.5 Å². The third-order valence-corrected chi connectivity index (χ3v) is 3.10. The fourth-order valence-electron chi connectivity index (χ4n) is 2.12. The van der Waals surface area contributed by atoms with Crippen molar-refractivity contribution in [3.05, 3.63) is 23.8 Å². The Morgan fingerprint density at radius 2 is 1.89 bits per heavy atom. The van der Waals surface area contributed by atoms with Gasteiger partial charge in [-0.1, -0.05) is 13.0 Å². The van der Waals surface area contributed by atoms with E-state index in [1.807, 2.05) is 6.07 Å². The average molecular weight is 249 g/mol. The van der Waals surface area contributed by atoms with E-state index < -0.39 is 0 Å². The molecule has 0 radical (unpaired) electrons. The van der Waals surface area contributed by atoms with Gasteiger partial charge in [-0.2, -0.15) is 0 Å². The Balaban J connectivity index is 1.72. The molecule has 0 aromatic heterocycles. The number of benzene rings is 1. The maximum atomic E-state index is 5.59. The lowest BCUT2D eigenvalue weighted by Crippen LogP contribution is -2.16. The predicted octanol–water partition coefficient (Wildman–Crippen LogP) is 2.78. The minimum Gasteiger partial charge on any atom is -0.486 e. The van der Waals surface area contributed by atoms with E-state index in [1.54, 1.807) is 0 Å². The molecule has 3 heteroatoms. The lowest BCUT2D eigenvalue weighted by Gasteiger charge is -2.18. The van der Waals surface area contributed by atoms with E-state index in [0.29, 0.717) is 13.2 Å². The molecule has 100 valence electrons. The summed E-state index contributed by atoms with van der Waals surface area (Å²) in [6.45, 7) is 5.78. The van der Waals surface area contributed by atoms with E-state index in [0.717, 1.165) is 31.0 Å². The summed E-state index contributed by atoms with van der Waals surface area (Å²) in [7, 11) is 0. The van der Waals surface area contributed by atoms with Crippen LogP contribution in [-0.4, -0.2) is 26.3 Å². The zero-order valence-electron chi connectivity index (χ0n) is 11.2. The molecule has 0 amide bonds. The van der Waals surface area contributed by atoms with Crippen molar-refractivity contribution in [1.29, 1.82) is 0 Å². The third-order valence-electron chi connectivity index (χ3n) is 3.10. The molecule has 1 heterocycles. The lowest BCUT2D eigenvalue weighted by molar-refractivity contribution is 0.171. The number of aryl methyl sites for hydroxylation is 1. The summed E-state index contributed by atoms with van der Waals surface area (Å²) in [5.41, 5.74) is 1.34. The number of hydrogen-bond acceptors (Lipinski definition) is 3. The molecule has 1 aliphatic heterocycles. The van der Waals surface area contributed by atoms with Crippen LogP contribution in [0.1, 0.15) is 31.7 Å². The largest absolute Gasteiger partial charge is 0.486 e. The number of hydrogen-bond donors (Lipinski definition) is 1. The Hall–Kier alpha value is -1.22. The number of unbranched alkanes of at least 4 members (excludes halogenated alkanes) is 1. The molecule has 0 bridgehead atoms. The molecule has 1 aliphatic rings. The highest BCUT2D eigenvalue weighted by atomic mass is 16.6. The molecule has 0 atom stereocenters. The summed E-state index contributed by atoms with van der Waals surface area (Å²) in [5.74, 6) is 1.79. The van der Waals surface area contributed by atoms with Crippen molar-refractivity contribution >= 4 is 0 Å². The van der Waals surface area contributed by atoms with Crippen LogP contribution in [0.4, 0.5) is 0 Å². The second kappa shape index (κ2) is 7.27. The molecular formula is C15H23NO2. The Labute approximate surface area is 109 Å². The van der Waals surface area contributed by atoms with Crippen LogP contribution >= 0.6 is 0 Å². The van der Waals surface area contributed by atoms with Crippen LogP contribution in [0.25, 0.3) is 0 Å². The SMILES string of the molecule is CCCNCCCCc1ccc2c(c1)OCCO2. The zero-order valence-corrected chi connectivity index (χ0v) is 11.2. The smallest absolute Gasteiger partial charge is 0.161 e. The summed E-state index contributed by atoms with van der Waals surface area (Å²) in [4.78, 5) is 0. The van der Waals surface area contributed by atoms with Gasteiger partial charge in [0.25, 0.3) is 0 Å². The van der Waals surface area contributed by atoms with Crippen molar-refractivity contribution in [3.8, 4) is 11.5 Å². The van der Waals surface area contributed by atoms with E-state index in [2.05, 4.69) is 24.4 Å². The summed E-state index contributed by atoms with van der Waals surface area (Å²) >= 11 is 0. The first-order valence-electron chi connectivity index (χ1n) is 6.99. The fourth-order valence-corrected chi connectivity index (χ4v) is 2.12. The van der Waals surface area contributed by atoms with Crippen molar-refractivity contribution in [2.45, 2.75) is 32.6 Å². The quantitative estimate of drug-likeness (QED) is 0.754. The standard InChI is InChI=1S/C15H23NO2/c1-2-8-16-9-4-3-5-13-6-7-14-15(12-13)18-11-10-17-14/h6-7,12,16H,2-5,8-11H2,1H3. The van der Waals surface area contributed by atoms with Gasteiger partial charge in [-0.15, -0.1) is 0 Å². The molecule has 18 heavy (non-hydrogen) atoms. The lowest BCUT2D eigenvalue weighted by atomic mass is 10.1. The Morgan fingerprint density at radius 1 is 1.06 bits per heavy atom. The van der Waals surface area contributed by atoms with E-state index in [9.17, 15) is 0 Å². The molecule has 0 saturated carbocycles. The van der Waals surface area contributed by atoms with Gasteiger partial charge in [0.2, 0.25) is 0 Å². The number of ether oxygens (including phenoxy) is 2. The number of fused-ring (bicyclic) bond motifs is 1. The maximum Gasteiger partial charge on any atom is 0.161 e. The van der Waals surface area contributed by atoms with Gasteiger partial charge in [-0.05, 0) is 56.5 Å². The monoisotopic (exact) mass is 249 g/mol. The van der Waals surface area contributed by atoms with Gasteiger partial charge in [-0.25, -0.2) is 0 Å². The van der Waals surface area contributed by atoms with Gasteiger partial charge < -0.3 is 14.8 Å². The Kier molecular flexibility index (Phi) is 5.34. The van der Waals surface area contributed by atoms with Gasteiger partial charge in [0.15, 0.2) is 11.5 Å². The molecule has 0 aliphatic carbocycles. The van der Waals surface area contributed by atoms with Crippen LogP contribution < -0.4 is 14.8 Å². The molecule has 1 N–H and O–H groups in total. The van der Waals surface area contributed by atoms with Crippen molar-refractivity contribution in [1.82, 2.24) is 5.32 Å². The molecule has 1 aromatic carbocycles. The molecule has 0 unspecified atom stereocenters. The molecule has 1 aromatic rings. The minimum atomic E-state index is 0.662. The third kappa shape index (κ3) is 3.91. The highest BCUT2D eigenvalue weighted by Crippen LogP contribution is 2.31. The highest BCUT2D eigenvalue weighted by Gasteiger charge is 2.11. The number of nitrogens with one attached hydrogen (secondary N) is 1. The summed E-state index contributed by atoms with van der Waals surface area (Å²) in [6, 6.07) is 6.29. The van der Waals surface area contributed by atoms with Gasteiger partial charge in [0, 0.05) is 0 Å². The van der Waals surface area contributed by atoms with Crippen molar-refractivity contribution < 1.29 is 9.47 Å². The molecular weight excluding hydrogens is 226 g/mol. The minimum absolute atomic E-state index is 0.662. The summed E-state index contributed by atoms with van der Waals surface area (Å²) in [6.07, 6.45) is 4.78. The summed E-state index contributed by atoms with van der Waals surface area (Å²) in [5, 5.41) is 3.43. The fraction of sp³-hybridized carbons (Fsp3) is 0.600. The van der Waals surface area contributed by atoms with Gasteiger partial charge in [0.05, 0.1) is 0 Å². The molecule has 0 fully saturated rings. The second-order valence-electron chi connectivity index (χ2n) is 4.69. The van der Waals surface area contributed by atoms with Crippen LogP contribution in [-0.2, 0) is 6.42 Å². The van der Waals surface area contributed by atoms with Gasteiger partial charge >= 0.3 is 0 Å². The average Bonchev–Trinajstić information content (AvgIpc) is 2.42. The maximum absolute atomic E-state index is 5.59. The number of rotatable bonds is 7. The van der Waals surface area contributed by atoms with Crippen molar-refractivity contribution in [2.75, 3.05) is 26.3 Å². The van der Waals surface area contributed by atoms with E-state index in [4.69, 9.17) is 9.47 Å². The van der Waals surface area contributed by atoms with Gasteiger partial charge in [-0.3, -0.25) is 0 Å². The molecule has 0 spiro atoms. The first-order valence-corrected chi connectivity index (χ1v) is 6.99. The van der Waals surface area contributed by atoms with Crippen molar-refractivity contribution in [3.63, 3.8) is 0 Å². The first-order chi connectivity index (χ1) is 8.90. The predicted molar refractivity (Wildman–Crippen MR) is 73.5 cm³/mol. The van der Waals surface area contributed by atoms with E-state index in [1.165, 1.54) is 24.8 Å². The molecule has 0 saturated heterocycles. The van der Waals surface area contributed by atoms with Crippen LogP contribution in [0, 0.1) is 0 Å². The topological polar surface area (TPSA) is 30.5 Å². The van der Waals surface area contributed by atoms with Crippen LogP contribution in [0.2, 0.25) is 0 Å². The zero-order chi connectivity index (χ0) is 12.6. The van der Waals surface area contributed by atoms with Gasteiger partial charge in [0.1, 0.15) is 13.2 Å². The second-order valence-corrected chi connectivity index (χ2v) is 4.69. The normalized spacial score (nSPS) is 13.6. The van der Waals surface area contributed by atoms with Crippen LogP contribution in [0.3, 0.4) is 0 Å². The Bertz CT molecular complexity index is 366. The Morgan fingerprint density at radius 3 is 2.72 bits per heavy atom. The van der Waals surface area contributed by atoms with Crippen LogP contribution in [0.15, 0.2) is 18.2 Å². The summed E-state index contributed by atoms with van der Waals surface area (Å²) < 4.78 is 11.1. The van der Waals surface area contributed by atoms with E-state index >= 15 is 0 Å². The van der Waals surface area contributed by atoms with Crippen molar-refractivity contribution in [2.24, 2.45) is 0 Å². The molecule has 2 rings (SSSR count). The van der Waals surface area contributed by atoms with E-state index in [-0.39, 0.29) is 0 Å².